The number of nitrogens with zero attached hydrogens (tertiary/aromatic N) is 5. The molecule has 25 heavy (non-hydrogen) atoms. The fraction of sp³-hybridized carbons (Fsp3) is 0.188. The molecule has 2 heterocycles. The van der Waals surface area contributed by atoms with E-state index in [2.05, 4.69) is 36.1 Å². The Bertz CT molecular complexity index is 884. The minimum atomic E-state index is -0.470. The van der Waals surface area contributed by atoms with Gasteiger partial charge in [0, 0.05) is 23.3 Å². The third-order valence-electron chi connectivity index (χ3n) is 3.30. The maximum absolute atomic E-state index is 12.1. The Morgan fingerprint density at radius 3 is 2.76 bits per heavy atom. The molecule has 1 aromatic carbocycles. The Kier molecular flexibility index (Phi) is 5.34. The van der Waals surface area contributed by atoms with E-state index in [4.69, 9.17) is 4.74 Å². The molecular formula is C16H14BrN5O2S. The lowest BCUT2D eigenvalue weighted by molar-refractivity contribution is 0.0526. The zero-order valence-electron chi connectivity index (χ0n) is 13.5. The molecule has 0 radical (unpaired) electrons. The van der Waals surface area contributed by atoms with Crippen LogP contribution in [0.5, 0.6) is 0 Å². The number of hydrogen-bond donors (Lipinski definition) is 0. The van der Waals surface area contributed by atoms with Crippen LogP contribution in [0, 0.1) is 0 Å². The molecule has 0 aliphatic rings. The van der Waals surface area contributed by atoms with Gasteiger partial charge in [-0.1, -0.05) is 39.4 Å². The Hall–Kier alpha value is -2.39. The summed E-state index contributed by atoms with van der Waals surface area (Å²) in [6.45, 7) is 2.03. The molecule has 128 valence electrons. The van der Waals surface area contributed by atoms with Gasteiger partial charge in [0.25, 0.3) is 0 Å². The van der Waals surface area contributed by atoms with Crippen LogP contribution in [-0.4, -0.2) is 39.8 Å². The van der Waals surface area contributed by atoms with Crippen molar-refractivity contribution < 1.29 is 9.53 Å². The van der Waals surface area contributed by atoms with Crippen molar-refractivity contribution in [3.63, 3.8) is 0 Å². The summed E-state index contributed by atoms with van der Waals surface area (Å²) in [6.07, 6.45) is 2.82. The fourth-order valence-electron chi connectivity index (χ4n) is 2.09. The van der Waals surface area contributed by atoms with E-state index in [1.807, 2.05) is 24.3 Å². The number of benzene rings is 1. The van der Waals surface area contributed by atoms with E-state index in [1.54, 1.807) is 18.9 Å². The smallest absolute Gasteiger partial charge is 0.343 e. The number of rotatable bonds is 5. The van der Waals surface area contributed by atoms with Crippen LogP contribution in [0.15, 0.2) is 41.3 Å². The van der Waals surface area contributed by atoms with Crippen molar-refractivity contribution in [1.29, 1.82) is 0 Å². The van der Waals surface area contributed by atoms with Gasteiger partial charge in [0.2, 0.25) is 5.13 Å². The van der Waals surface area contributed by atoms with Gasteiger partial charge in [0.15, 0.2) is 5.82 Å². The Morgan fingerprint density at radius 2 is 2.04 bits per heavy atom. The predicted octanol–water partition coefficient (Wildman–Crippen LogP) is 3.70. The maximum Gasteiger partial charge on any atom is 0.343 e. The SMILES string of the molecule is CCOC(=O)c1cncnc1N(C)c1nnc(-c2ccc(Br)cc2)s1. The number of anilines is 2. The van der Waals surface area contributed by atoms with Crippen molar-refractivity contribution in [3.05, 3.63) is 46.8 Å². The summed E-state index contributed by atoms with van der Waals surface area (Å²) < 4.78 is 6.06. The van der Waals surface area contributed by atoms with Gasteiger partial charge in [0.05, 0.1) is 6.61 Å². The van der Waals surface area contributed by atoms with E-state index < -0.39 is 5.97 Å². The Labute approximate surface area is 156 Å². The molecule has 0 aliphatic heterocycles. The minimum Gasteiger partial charge on any atom is -0.462 e. The first-order valence-electron chi connectivity index (χ1n) is 7.40. The zero-order valence-corrected chi connectivity index (χ0v) is 15.9. The lowest BCUT2D eigenvalue weighted by atomic mass is 10.2. The van der Waals surface area contributed by atoms with Gasteiger partial charge in [-0.3, -0.25) is 0 Å². The number of carbonyl (C=O) groups is 1. The van der Waals surface area contributed by atoms with Crippen molar-refractivity contribution in [2.24, 2.45) is 0 Å². The molecule has 7 nitrogen and oxygen atoms in total. The molecule has 9 heteroatoms. The highest BCUT2D eigenvalue weighted by Crippen LogP contribution is 2.32. The molecule has 0 saturated carbocycles. The van der Waals surface area contributed by atoms with E-state index in [0.29, 0.717) is 10.9 Å². The second-order valence-corrected chi connectivity index (χ2v) is 6.81. The second-order valence-electron chi connectivity index (χ2n) is 4.94. The van der Waals surface area contributed by atoms with Gasteiger partial charge in [0.1, 0.15) is 16.9 Å². The summed E-state index contributed by atoms with van der Waals surface area (Å²) in [5.74, 6) is -0.0467. The summed E-state index contributed by atoms with van der Waals surface area (Å²) in [5, 5.41) is 9.83. The number of hydrogen-bond acceptors (Lipinski definition) is 8. The standard InChI is InChI=1S/C16H14BrN5O2S/c1-3-24-15(23)12-8-18-9-19-13(12)22(2)16-21-20-14(25-16)10-4-6-11(17)7-5-10/h4-9H,3H2,1-2H3. The topological polar surface area (TPSA) is 81.1 Å². The van der Waals surface area contributed by atoms with Crippen LogP contribution in [0.4, 0.5) is 10.9 Å². The monoisotopic (exact) mass is 419 g/mol. The summed E-state index contributed by atoms with van der Waals surface area (Å²) in [5.41, 5.74) is 1.25. The lowest BCUT2D eigenvalue weighted by Crippen LogP contribution is -2.17. The summed E-state index contributed by atoms with van der Waals surface area (Å²) in [7, 11) is 1.77. The number of ether oxygens (including phenoxy) is 1. The largest absolute Gasteiger partial charge is 0.462 e. The van der Waals surface area contributed by atoms with Gasteiger partial charge in [-0.25, -0.2) is 14.8 Å². The molecule has 2 aromatic heterocycles. The first kappa shape index (κ1) is 17.4. The van der Waals surface area contributed by atoms with Crippen molar-refractivity contribution in [2.75, 3.05) is 18.6 Å². The third kappa shape index (κ3) is 3.83. The van der Waals surface area contributed by atoms with Crippen molar-refractivity contribution in [1.82, 2.24) is 20.2 Å². The number of halogens is 1. The zero-order chi connectivity index (χ0) is 17.8. The van der Waals surface area contributed by atoms with Crippen LogP contribution in [0.1, 0.15) is 17.3 Å². The summed E-state index contributed by atoms with van der Waals surface area (Å²) in [6, 6.07) is 7.82. The Balaban J connectivity index is 1.91. The second kappa shape index (κ2) is 7.66. The highest BCUT2D eigenvalue weighted by atomic mass is 79.9. The van der Waals surface area contributed by atoms with E-state index in [0.717, 1.165) is 15.0 Å². The fourth-order valence-corrected chi connectivity index (χ4v) is 3.17. The van der Waals surface area contributed by atoms with Gasteiger partial charge < -0.3 is 9.64 Å². The van der Waals surface area contributed by atoms with Crippen molar-refractivity contribution in [3.8, 4) is 10.6 Å². The summed E-state index contributed by atoms with van der Waals surface area (Å²) in [4.78, 5) is 21.9. The molecule has 0 spiro atoms. The van der Waals surface area contributed by atoms with E-state index >= 15 is 0 Å². The molecule has 0 fully saturated rings. The van der Waals surface area contributed by atoms with Crippen LogP contribution in [0.3, 0.4) is 0 Å². The molecule has 0 amide bonds. The molecule has 0 saturated heterocycles. The molecular weight excluding hydrogens is 406 g/mol. The average Bonchev–Trinajstić information content (AvgIpc) is 3.12. The highest BCUT2D eigenvalue weighted by Gasteiger charge is 2.20. The lowest BCUT2D eigenvalue weighted by Gasteiger charge is -2.16. The van der Waals surface area contributed by atoms with Crippen molar-refractivity contribution >= 4 is 44.2 Å². The molecule has 0 unspecified atom stereocenters. The van der Waals surface area contributed by atoms with Gasteiger partial charge in [-0.2, -0.15) is 0 Å². The molecule has 3 rings (SSSR count). The van der Waals surface area contributed by atoms with Crippen LogP contribution in [-0.2, 0) is 4.74 Å². The van der Waals surface area contributed by atoms with E-state index in [1.165, 1.54) is 23.9 Å². The highest BCUT2D eigenvalue weighted by molar-refractivity contribution is 9.10. The number of esters is 1. The van der Waals surface area contributed by atoms with Crippen LogP contribution in [0.2, 0.25) is 0 Å². The maximum atomic E-state index is 12.1. The van der Waals surface area contributed by atoms with Crippen LogP contribution in [0.25, 0.3) is 10.6 Å². The Morgan fingerprint density at radius 1 is 1.28 bits per heavy atom. The van der Waals surface area contributed by atoms with Gasteiger partial charge in [-0.15, -0.1) is 10.2 Å². The molecule has 0 atom stereocenters. The van der Waals surface area contributed by atoms with E-state index in [-0.39, 0.29) is 12.2 Å². The van der Waals surface area contributed by atoms with Gasteiger partial charge >= 0.3 is 5.97 Å². The molecule has 0 bridgehead atoms. The quantitative estimate of drug-likeness (QED) is 0.582. The van der Waals surface area contributed by atoms with E-state index in [9.17, 15) is 4.79 Å². The average molecular weight is 420 g/mol. The van der Waals surface area contributed by atoms with Gasteiger partial charge in [-0.05, 0) is 19.1 Å². The summed E-state index contributed by atoms with van der Waals surface area (Å²) >= 11 is 4.82. The number of aromatic nitrogens is 4. The van der Waals surface area contributed by atoms with Crippen molar-refractivity contribution in [2.45, 2.75) is 6.92 Å². The normalized spacial score (nSPS) is 10.5. The first-order valence-corrected chi connectivity index (χ1v) is 9.01. The molecule has 3 aromatic rings. The van der Waals surface area contributed by atoms with Crippen LogP contribution >= 0.6 is 27.3 Å². The first-order chi connectivity index (χ1) is 12.1. The molecule has 0 aliphatic carbocycles. The molecule has 0 N–H and O–H groups in total. The third-order valence-corrected chi connectivity index (χ3v) is 4.87. The number of carbonyl (C=O) groups excluding carboxylic acids is 1. The predicted molar refractivity (Wildman–Crippen MR) is 99.1 cm³/mol. The minimum absolute atomic E-state index is 0.281. The van der Waals surface area contributed by atoms with Crippen LogP contribution < -0.4 is 4.90 Å².